The van der Waals surface area contributed by atoms with Gasteiger partial charge >= 0.3 is 0 Å². The van der Waals surface area contributed by atoms with E-state index in [2.05, 4.69) is 26.1 Å². The molecule has 0 aliphatic rings. The maximum absolute atomic E-state index is 12.0. The molecule has 1 atom stereocenters. The van der Waals surface area contributed by atoms with Gasteiger partial charge in [0.05, 0.1) is 5.92 Å². The fraction of sp³-hybridized carbons (Fsp3) is 0.500. The summed E-state index contributed by atoms with van der Waals surface area (Å²) in [4.78, 5) is 12.0. The number of carbonyl (C=O) groups is 1. The van der Waals surface area contributed by atoms with E-state index in [0.29, 0.717) is 6.54 Å². The van der Waals surface area contributed by atoms with Crippen LogP contribution in [0.1, 0.15) is 27.2 Å². The predicted octanol–water partition coefficient (Wildman–Crippen LogP) is 2.64. The number of nitrogens with one attached hydrogen (secondary N) is 1. The summed E-state index contributed by atoms with van der Waals surface area (Å²) < 4.78 is 0. The minimum absolute atomic E-state index is 0.00799. The highest BCUT2D eigenvalue weighted by Crippen LogP contribution is 2.24. The third-order valence-corrected chi connectivity index (χ3v) is 2.56. The van der Waals surface area contributed by atoms with Crippen molar-refractivity contribution in [3.05, 3.63) is 30.3 Å². The van der Waals surface area contributed by atoms with E-state index in [1.807, 2.05) is 30.3 Å². The fourth-order valence-electron chi connectivity index (χ4n) is 1.79. The van der Waals surface area contributed by atoms with Gasteiger partial charge in [-0.3, -0.25) is 4.79 Å². The SMILES string of the molecule is CC(C)(C)CC(CN)C(=O)Nc1ccccc1. The Morgan fingerprint density at radius 2 is 1.88 bits per heavy atom. The van der Waals surface area contributed by atoms with Crippen molar-refractivity contribution in [2.75, 3.05) is 11.9 Å². The number of rotatable bonds is 4. The molecule has 3 N–H and O–H groups in total. The molecule has 94 valence electrons. The van der Waals surface area contributed by atoms with E-state index in [-0.39, 0.29) is 17.2 Å². The number of nitrogens with two attached hydrogens (primary N) is 1. The third-order valence-electron chi connectivity index (χ3n) is 2.56. The molecule has 0 saturated carbocycles. The fourth-order valence-corrected chi connectivity index (χ4v) is 1.79. The highest BCUT2D eigenvalue weighted by atomic mass is 16.1. The van der Waals surface area contributed by atoms with Crippen LogP contribution in [0.25, 0.3) is 0 Å². The lowest BCUT2D eigenvalue weighted by molar-refractivity contribution is -0.120. The molecule has 0 saturated heterocycles. The van der Waals surface area contributed by atoms with Gasteiger partial charge in [-0.2, -0.15) is 0 Å². The van der Waals surface area contributed by atoms with Gasteiger partial charge in [-0.1, -0.05) is 39.0 Å². The molecule has 1 amide bonds. The van der Waals surface area contributed by atoms with E-state index < -0.39 is 0 Å². The van der Waals surface area contributed by atoms with E-state index >= 15 is 0 Å². The lowest BCUT2D eigenvalue weighted by Gasteiger charge is -2.24. The van der Waals surface area contributed by atoms with Crippen molar-refractivity contribution < 1.29 is 4.79 Å². The first-order valence-electron chi connectivity index (χ1n) is 5.98. The van der Waals surface area contributed by atoms with E-state index in [0.717, 1.165) is 12.1 Å². The van der Waals surface area contributed by atoms with E-state index in [9.17, 15) is 4.79 Å². The van der Waals surface area contributed by atoms with E-state index in [1.54, 1.807) is 0 Å². The molecule has 0 aliphatic carbocycles. The molecule has 1 unspecified atom stereocenters. The van der Waals surface area contributed by atoms with E-state index in [1.165, 1.54) is 0 Å². The first kappa shape index (κ1) is 13.7. The number of hydrogen-bond acceptors (Lipinski definition) is 2. The molecule has 0 aliphatic heterocycles. The van der Waals surface area contributed by atoms with Gasteiger partial charge in [0.25, 0.3) is 0 Å². The Bertz CT molecular complexity index is 354. The highest BCUT2D eigenvalue weighted by molar-refractivity contribution is 5.92. The molecule has 1 rings (SSSR count). The minimum Gasteiger partial charge on any atom is -0.330 e. The Morgan fingerprint density at radius 3 is 2.35 bits per heavy atom. The quantitative estimate of drug-likeness (QED) is 0.841. The van der Waals surface area contributed by atoms with Crippen LogP contribution in [0.2, 0.25) is 0 Å². The van der Waals surface area contributed by atoms with Gasteiger partial charge in [0.15, 0.2) is 0 Å². The monoisotopic (exact) mass is 234 g/mol. The van der Waals surface area contributed by atoms with Crippen molar-refractivity contribution in [3.63, 3.8) is 0 Å². The third kappa shape index (κ3) is 5.00. The lowest BCUT2D eigenvalue weighted by atomic mass is 9.84. The Balaban J connectivity index is 2.62. The highest BCUT2D eigenvalue weighted by Gasteiger charge is 2.23. The van der Waals surface area contributed by atoms with Crippen molar-refractivity contribution in [2.24, 2.45) is 17.1 Å². The van der Waals surface area contributed by atoms with Gasteiger partial charge in [0.1, 0.15) is 0 Å². The summed E-state index contributed by atoms with van der Waals surface area (Å²) >= 11 is 0. The molecule has 3 heteroatoms. The summed E-state index contributed by atoms with van der Waals surface area (Å²) in [7, 11) is 0. The summed E-state index contributed by atoms with van der Waals surface area (Å²) in [5.74, 6) is -0.121. The zero-order chi connectivity index (χ0) is 12.9. The zero-order valence-corrected chi connectivity index (χ0v) is 10.9. The average molecular weight is 234 g/mol. The molecule has 0 radical (unpaired) electrons. The van der Waals surface area contributed by atoms with Crippen molar-refractivity contribution in [2.45, 2.75) is 27.2 Å². The van der Waals surface area contributed by atoms with Gasteiger partial charge in [-0.15, -0.1) is 0 Å². The second kappa shape index (κ2) is 5.82. The van der Waals surface area contributed by atoms with Gasteiger partial charge in [-0.05, 0) is 24.0 Å². The molecular formula is C14H22N2O. The van der Waals surface area contributed by atoms with Crippen LogP contribution in [0.4, 0.5) is 5.69 Å². The molecule has 17 heavy (non-hydrogen) atoms. The van der Waals surface area contributed by atoms with Crippen LogP contribution in [0, 0.1) is 11.3 Å². The number of carbonyl (C=O) groups excluding carboxylic acids is 1. The molecule has 1 aromatic carbocycles. The summed E-state index contributed by atoms with van der Waals surface area (Å²) in [5, 5.41) is 2.90. The normalized spacial score (nSPS) is 13.2. The van der Waals surface area contributed by atoms with Crippen LogP contribution in [0.3, 0.4) is 0 Å². The molecule has 0 aromatic heterocycles. The van der Waals surface area contributed by atoms with Crippen molar-refractivity contribution >= 4 is 11.6 Å². The topological polar surface area (TPSA) is 55.1 Å². The van der Waals surface area contributed by atoms with Gasteiger partial charge in [0.2, 0.25) is 5.91 Å². The molecule has 0 fully saturated rings. The Hall–Kier alpha value is -1.35. The maximum atomic E-state index is 12.0. The number of para-hydroxylation sites is 1. The maximum Gasteiger partial charge on any atom is 0.228 e. The summed E-state index contributed by atoms with van der Waals surface area (Å²) in [6, 6.07) is 9.48. The number of amides is 1. The Kier molecular flexibility index (Phi) is 4.70. The Labute approximate surface area is 103 Å². The second-order valence-electron chi connectivity index (χ2n) is 5.55. The molecule has 0 heterocycles. The smallest absolute Gasteiger partial charge is 0.228 e. The molecule has 3 nitrogen and oxygen atoms in total. The van der Waals surface area contributed by atoms with Gasteiger partial charge in [-0.25, -0.2) is 0 Å². The Morgan fingerprint density at radius 1 is 1.29 bits per heavy atom. The molecular weight excluding hydrogens is 212 g/mol. The largest absolute Gasteiger partial charge is 0.330 e. The lowest BCUT2D eigenvalue weighted by Crippen LogP contribution is -2.32. The van der Waals surface area contributed by atoms with E-state index in [4.69, 9.17) is 5.73 Å². The molecule has 1 aromatic rings. The van der Waals surface area contributed by atoms with Crippen LogP contribution in [-0.2, 0) is 4.79 Å². The van der Waals surface area contributed by atoms with Crippen molar-refractivity contribution in [1.82, 2.24) is 0 Å². The second-order valence-corrected chi connectivity index (χ2v) is 5.55. The predicted molar refractivity (Wildman–Crippen MR) is 71.7 cm³/mol. The van der Waals surface area contributed by atoms with Crippen LogP contribution in [-0.4, -0.2) is 12.5 Å². The first-order chi connectivity index (χ1) is 7.92. The first-order valence-corrected chi connectivity index (χ1v) is 5.98. The standard InChI is InChI=1S/C14H22N2O/c1-14(2,3)9-11(10-15)13(17)16-12-7-5-4-6-8-12/h4-8,11H,9-10,15H2,1-3H3,(H,16,17). The summed E-state index contributed by atoms with van der Waals surface area (Å²) in [6.45, 7) is 6.73. The van der Waals surface area contributed by atoms with Crippen LogP contribution in [0.15, 0.2) is 30.3 Å². The number of anilines is 1. The van der Waals surface area contributed by atoms with Crippen LogP contribution in [0.5, 0.6) is 0 Å². The summed E-state index contributed by atoms with van der Waals surface area (Å²) in [6.07, 6.45) is 0.794. The molecule has 0 bridgehead atoms. The van der Waals surface area contributed by atoms with Crippen LogP contribution < -0.4 is 11.1 Å². The van der Waals surface area contributed by atoms with Crippen LogP contribution >= 0.6 is 0 Å². The van der Waals surface area contributed by atoms with Crippen molar-refractivity contribution in [1.29, 1.82) is 0 Å². The number of hydrogen-bond donors (Lipinski definition) is 2. The summed E-state index contributed by atoms with van der Waals surface area (Å²) in [5.41, 5.74) is 6.61. The van der Waals surface area contributed by atoms with Gasteiger partial charge < -0.3 is 11.1 Å². The molecule has 0 spiro atoms. The zero-order valence-electron chi connectivity index (χ0n) is 10.9. The number of benzene rings is 1. The minimum atomic E-state index is -0.129. The average Bonchev–Trinajstić information content (AvgIpc) is 2.26. The van der Waals surface area contributed by atoms with Crippen molar-refractivity contribution in [3.8, 4) is 0 Å². The van der Waals surface area contributed by atoms with Gasteiger partial charge in [0, 0.05) is 12.2 Å².